The number of ether oxygens (including phenoxy) is 1. The summed E-state index contributed by atoms with van der Waals surface area (Å²) in [5.41, 5.74) is 3.42. The second kappa shape index (κ2) is 11.3. The summed E-state index contributed by atoms with van der Waals surface area (Å²) in [6.45, 7) is 3.51. The first-order valence-corrected chi connectivity index (χ1v) is 11.7. The first kappa shape index (κ1) is 24.0. The van der Waals surface area contributed by atoms with Gasteiger partial charge in [-0.05, 0) is 54.1 Å². The van der Waals surface area contributed by atoms with Gasteiger partial charge in [-0.25, -0.2) is 13.8 Å². The van der Waals surface area contributed by atoms with Gasteiger partial charge in [-0.15, -0.1) is 0 Å². The van der Waals surface area contributed by atoms with Gasteiger partial charge in [0.05, 0.1) is 16.8 Å². The number of para-hydroxylation sites is 1. The van der Waals surface area contributed by atoms with Gasteiger partial charge in [-0.3, -0.25) is 9.10 Å². The van der Waals surface area contributed by atoms with Crippen molar-refractivity contribution in [2.24, 2.45) is 5.10 Å². The summed E-state index contributed by atoms with van der Waals surface area (Å²) in [5, 5.41) is 4.35. The molecule has 0 radical (unpaired) electrons. The molecule has 0 spiro atoms. The van der Waals surface area contributed by atoms with E-state index >= 15 is 0 Å². The average molecular weight is 484 g/mol. The van der Waals surface area contributed by atoms with Gasteiger partial charge in [-0.2, -0.15) is 5.10 Å². The number of nitrogens with zero attached hydrogens (tertiary/aromatic N) is 2. The summed E-state index contributed by atoms with van der Waals surface area (Å²) in [7, 11) is -4.02. The second-order valence-corrected chi connectivity index (χ2v) is 9.07. The van der Waals surface area contributed by atoms with Gasteiger partial charge in [-0.1, -0.05) is 54.6 Å². The zero-order valence-electron chi connectivity index (χ0n) is 17.6. The molecule has 1 N–H and O–H groups in total. The van der Waals surface area contributed by atoms with Crippen molar-refractivity contribution in [3.63, 3.8) is 0 Å². The fourth-order valence-electron chi connectivity index (χ4n) is 2.83. The van der Waals surface area contributed by atoms with Crippen molar-refractivity contribution in [2.45, 2.75) is 4.90 Å². The zero-order chi connectivity index (χ0) is 23.7. The van der Waals surface area contributed by atoms with E-state index in [-0.39, 0.29) is 4.90 Å². The van der Waals surface area contributed by atoms with Crippen LogP contribution in [0.3, 0.4) is 0 Å². The number of halogens is 1. The van der Waals surface area contributed by atoms with E-state index in [4.69, 9.17) is 16.3 Å². The van der Waals surface area contributed by atoms with E-state index in [1.54, 1.807) is 60.7 Å². The van der Waals surface area contributed by atoms with Gasteiger partial charge in [0, 0.05) is 5.02 Å². The van der Waals surface area contributed by atoms with Crippen LogP contribution in [0.15, 0.2) is 102 Å². The van der Waals surface area contributed by atoms with Crippen LogP contribution in [0, 0.1) is 0 Å². The number of hydrogen-bond donors (Lipinski definition) is 1. The number of amides is 1. The van der Waals surface area contributed by atoms with Crippen molar-refractivity contribution >= 4 is 39.4 Å². The summed E-state index contributed by atoms with van der Waals surface area (Å²) >= 11 is 5.88. The van der Waals surface area contributed by atoms with Gasteiger partial charge in [0.15, 0.2) is 0 Å². The highest BCUT2D eigenvalue weighted by molar-refractivity contribution is 7.92. The van der Waals surface area contributed by atoms with Crippen LogP contribution in [0.1, 0.15) is 5.56 Å². The summed E-state index contributed by atoms with van der Waals surface area (Å²) in [6.07, 6.45) is 3.08. The van der Waals surface area contributed by atoms with E-state index in [0.717, 1.165) is 4.31 Å². The largest absolute Gasteiger partial charge is 0.490 e. The Morgan fingerprint density at radius 3 is 2.48 bits per heavy atom. The molecule has 33 heavy (non-hydrogen) atoms. The lowest BCUT2D eigenvalue weighted by atomic mass is 10.2. The van der Waals surface area contributed by atoms with E-state index < -0.39 is 22.5 Å². The van der Waals surface area contributed by atoms with Gasteiger partial charge in [0.1, 0.15) is 18.9 Å². The summed E-state index contributed by atoms with van der Waals surface area (Å²) in [4.78, 5) is 12.6. The van der Waals surface area contributed by atoms with E-state index in [1.165, 1.54) is 30.5 Å². The highest BCUT2D eigenvalue weighted by Crippen LogP contribution is 2.24. The van der Waals surface area contributed by atoms with Crippen LogP contribution in [0.5, 0.6) is 5.75 Å². The standard InChI is InChI=1S/C24H22ClN3O4S/c1-2-15-32-22-10-6-7-19(16-22)17-26-27-24(29)18-28(21-8-4-3-5-9-21)33(30,31)23-13-11-20(25)12-14-23/h2-14,16-17H,1,15,18H2,(H,27,29)/b26-17-. The molecule has 0 fully saturated rings. The maximum absolute atomic E-state index is 13.2. The monoisotopic (exact) mass is 483 g/mol. The minimum Gasteiger partial charge on any atom is -0.490 e. The lowest BCUT2D eigenvalue weighted by molar-refractivity contribution is -0.119. The Morgan fingerprint density at radius 1 is 1.06 bits per heavy atom. The Morgan fingerprint density at radius 2 is 1.79 bits per heavy atom. The van der Waals surface area contributed by atoms with Crippen molar-refractivity contribution < 1.29 is 17.9 Å². The molecule has 170 valence electrons. The average Bonchev–Trinajstić information content (AvgIpc) is 2.82. The molecular formula is C24H22ClN3O4S. The van der Waals surface area contributed by atoms with Crippen LogP contribution in [-0.2, 0) is 14.8 Å². The topological polar surface area (TPSA) is 88.1 Å². The smallest absolute Gasteiger partial charge is 0.264 e. The molecule has 3 aromatic carbocycles. The lowest BCUT2D eigenvalue weighted by Gasteiger charge is -2.23. The van der Waals surface area contributed by atoms with Gasteiger partial charge >= 0.3 is 0 Å². The van der Waals surface area contributed by atoms with Crippen LogP contribution in [0.4, 0.5) is 5.69 Å². The van der Waals surface area contributed by atoms with Crippen molar-refractivity contribution in [3.8, 4) is 5.75 Å². The van der Waals surface area contributed by atoms with Gasteiger partial charge in [0.2, 0.25) is 0 Å². The van der Waals surface area contributed by atoms with E-state index in [0.29, 0.717) is 28.6 Å². The van der Waals surface area contributed by atoms with Crippen molar-refractivity contribution in [1.29, 1.82) is 0 Å². The molecule has 0 unspecified atom stereocenters. The van der Waals surface area contributed by atoms with Crippen LogP contribution in [0.2, 0.25) is 5.02 Å². The molecule has 0 aliphatic rings. The zero-order valence-corrected chi connectivity index (χ0v) is 19.2. The maximum Gasteiger partial charge on any atom is 0.264 e. The number of hydrogen-bond acceptors (Lipinski definition) is 5. The summed E-state index contributed by atoms with van der Waals surface area (Å²) < 4.78 is 33.0. The Bertz CT molecular complexity index is 1230. The Balaban J connectivity index is 1.75. The maximum atomic E-state index is 13.2. The SMILES string of the molecule is C=CCOc1cccc(/C=N\NC(=O)CN(c2ccccc2)S(=O)(=O)c2ccc(Cl)cc2)c1. The lowest BCUT2D eigenvalue weighted by Crippen LogP contribution is -2.39. The first-order valence-electron chi connectivity index (χ1n) is 9.89. The molecule has 3 aromatic rings. The summed E-state index contributed by atoms with van der Waals surface area (Å²) in [6, 6.07) is 21.2. The third-order valence-corrected chi connectivity index (χ3v) is 6.40. The molecule has 0 heterocycles. The van der Waals surface area contributed by atoms with Crippen molar-refractivity contribution in [2.75, 3.05) is 17.5 Å². The third-order valence-electron chi connectivity index (χ3n) is 4.36. The van der Waals surface area contributed by atoms with Crippen LogP contribution in [0.25, 0.3) is 0 Å². The molecule has 1 amide bonds. The fraction of sp³-hybridized carbons (Fsp3) is 0.0833. The molecule has 0 saturated carbocycles. The quantitative estimate of drug-likeness (QED) is 0.265. The normalized spacial score (nSPS) is 11.2. The van der Waals surface area contributed by atoms with E-state index in [1.807, 2.05) is 0 Å². The number of rotatable bonds is 10. The molecule has 0 saturated heterocycles. The highest BCUT2D eigenvalue weighted by Gasteiger charge is 2.27. The fourth-order valence-corrected chi connectivity index (χ4v) is 4.37. The molecule has 3 rings (SSSR count). The Hall–Kier alpha value is -3.62. The van der Waals surface area contributed by atoms with Crippen LogP contribution in [-0.4, -0.2) is 33.7 Å². The molecule has 0 aromatic heterocycles. The molecule has 0 atom stereocenters. The number of nitrogens with one attached hydrogen (secondary N) is 1. The predicted octanol–water partition coefficient (Wildman–Crippen LogP) is 4.25. The Labute approximate surface area is 198 Å². The number of anilines is 1. The van der Waals surface area contributed by atoms with Crippen LogP contribution < -0.4 is 14.5 Å². The second-order valence-electron chi connectivity index (χ2n) is 6.77. The van der Waals surface area contributed by atoms with Crippen LogP contribution >= 0.6 is 11.6 Å². The van der Waals surface area contributed by atoms with Crippen molar-refractivity contribution in [3.05, 3.63) is 102 Å². The molecule has 7 nitrogen and oxygen atoms in total. The molecular weight excluding hydrogens is 462 g/mol. The number of hydrazone groups is 1. The summed E-state index contributed by atoms with van der Waals surface area (Å²) in [5.74, 6) is 0.0289. The first-order chi connectivity index (χ1) is 15.9. The number of benzene rings is 3. The molecule has 0 aliphatic carbocycles. The van der Waals surface area contributed by atoms with Gasteiger partial charge < -0.3 is 4.74 Å². The minimum atomic E-state index is -4.02. The predicted molar refractivity (Wildman–Crippen MR) is 130 cm³/mol. The molecule has 0 bridgehead atoms. The molecule has 0 aliphatic heterocycles. The minimum absolute atomic E-state index is 0.0170. The van der Waals surface area contributed by atoms with E-state index in [2.05, 4.69) is 17.1 Å². The number of carbonyl (C=O) groups excluding carboxylic acids is 1. The van der Waals surface area contributed by atoms with E-state index in [9.17, 15) is 13.2 Å². The number of carbonyl (C=O) groups is 1. The Kier molecular flexibility index (Phi) is 8.23. The van der Waals surface area contributed by atoms with Gasteiger partial charge in [0.25, 0.3) is 15.9 Å². The highest BCUT2D eigenvalue weighted by atomic mass is 35.5. The number of sulfonamides is 1. The molecule has 9 heteroatoms. The van der Waals surface area contributed by atoms with Crippen molar-refractivity contribution in [1.82, 2.24) is 5.43 Å². The third kappa shape index (κ3) is 6.68.